The minimum Gasteiger partial charge on any atom is -0.462 e. The summed E-state index contributed by atoms with van der Waals surface area (Å²) in [5.41, 5.74) is 2.91. The van der Waals surface area contributed by atoms with Crippen LogP contribution in [0.2, 0.25) is 0 Å². The number of hydrogen-bond donors (Lipinski definition) is 1. The van der Waals surface area contributed by atoms with Crippen molar-refractivity contribution in [2.75, 3.05) is 36.4 Å². The van der Waals surface area contributed by atoms with Gasteiger partial charge >= 0.3 is 12.1 Å². The third-order valence-corrected chi connectivity index (χ3v) is 9.93. The molecule has 0 bridgehead atoms. The van der Waals surface area contributed by atoms with E-state index in [0.717, 1.165) is 28.8 Å². The van der Waals surface area contributed by atoms with E-state index in [0.29, 0.717) is 30.2 Å². The van der Waals surface area contributed by atoms with Crippen molar-refractivity contribution in [1.29, 1.82) is 0 Å². The fraction of sp³-hybridized carbons (Fsp3) is 0.321. The zero-order chi connectivity index (χ0) is 28.4. The number of aryl methyl sites for hydroxylation is 1. The Hall–Kier alpha value is -3.90. The van der Waals surface area contributed by atoms with Gasteiger partial charge < -0.3 is 19.7 Å². The molecule has 0 unspecified atom stereocenters. The number of nitrogens with zero attached hydrogens (tertiary/aromatic N) is 2. The van der Waals surface area contributed by atoms with Gasteiger partial charge in [-0.3, -0.25) is 9.10 Å². The molecule has 3 aromatic rings. The molecule has 2 aliphatic rings. The molecule has 0 saturated heterocycles. The molecule has 0 radical (unpaired) electrons. The molecule has 1 N–H and O–H groups in total. The summed E-state index contributed by atoms with van der Waals surface area (Å²) < 4.78 is 38.4. The fourth-order valence-corrected chi connectivity index (χ4v) is 7.81. The molecule has 2 aliphatic heterocycles. The molecule has 0 atom stereocenters. The van der Waals surface area contributed by atoms with Gasteiger partial charge in [-0.05, 0) is 67.6 Å². The first-order chi connectivity index (χ1) is 19.2. The summed E-state index contributed by atoms with van der Waals surface area (Å²) in [6.45, 7) is 2.87. The minimum atomic E-state index is -3.82. The lowest BCUT2D eigenvalue weighted by Crippen LogP contribution is -2.35. The molecule has 2 aromatic carbocycles. The van der Waals surface area contributed by atoms with Crippen LogP contribution in [-0.4, -0.2) is 58.1 Å². The van der Waals surface area contributed by atoms with Crippen LogP contribution in [0.5, 0.6) is 0 Å². The van der Waals surface area contributed by atoms with Crippen LogP contribution in [0.15, 0.2) is 53.4 Å². The summed E-state index contributed by atoms with van der Waals surface area (Å²) in [5, 5.41) is 3.12. The number of para-hydroxylation sites is 1. The van der Waals surface area contributed by atoms with Crippen LogP contribution in [0, 0.1) is 0 Å². The lowest BCUT2D eigenvalue weighted by atomic mass is 10.0. The third-order valence-electron chi connectivity index (χ3n) is 6.97. The molecule has 210 valence electrons. The second-order valence-corrected chi connectivity index (χ2v) is 12.3. The highest BCUT2D eigenvalue weighted by Gasteiger charge is 2.32. The molecule has 40 heavy (non-hydrogen) atoms. The van der Waals surface area contributed by atoms with Crippen molar-refractivity contribution in [3.63, 3.8) is 0 Å². The number of nitrogens with one attached hydrogen (secondary N) is 1. The summed E-state index contributed by atoms with van der Waals surface area (Å²) in [6.07, 6.45) is 1.49. The number of amides is 2. The number of carbonyl (C=O) groups excluding carboxylic acids is 3. The van der Waals surface area contributed by atoms with Gasteiger partial charge in [0.25, 0.3) is 15.9 Å². The van der Waals surface area contributed by atoms with Crippen LogP contribution < -0.4 is 9.62 Å². The first kappa shape index (κ1) is 27.7. The van der Waals surface area contributed by atoms with Crippen LogP contribution in [-0.2, 0) is 38.9 Å². The third kappa shape index (κ3) is 5.16. The lowest BCUT2D eigenvalue weighted by molar-refractivity contribution is 0.0526. The number of anilines is 2. The van der Waals surface area contributed by atoms with E-state index in [1.165, 1.54) is 51.9 Å². The normalized spacial score (nSPS) is 14.7. The van der Waals surface area contributed by atoms with Crippen LogP contribution in [0.4, 0.5) is 15.5 Å². The van der Waals surface area contributed by atoms with Gasteiger partial charge in [-0.25, -0.2) is 18.0 Å². The average Bonchev–Trinajstić information content (AvgIpc) is 3.33. The number of carbonyl (C=O) groups is 3. The Bertz CT molecular complexity index is 1560. The summed E-state index contributed by atoms with van der Waals surface area (Å²) in [4.78, 5) is 40.4. The molecule has 12 heteroatoms. The van der Waals surface area contributed by atoms with Gasteiger partial charge in [-0.15, -0.1) is 11.3 Å². The predicted molar refractivity (Wildman–Crippen MR) is 150 cm³/mol. The van der Waals surface area contributed by atoms with E-state index in [1.54, 1.807) is 13.0 Å². The summed E-state index contributed by atoms with van der Waals surface area (Å²) >= 11 is 1.21. The smallest absolute Gasteiger partial charge is 0.409 e. The van der Waals surface area contributed by atoms with Crippen LogP contribution in [0.1, 0.15) is 50.1 Å². The number of sulfonamides is 1. The van der Waals surface area contributed by atoms with Crippen molar-refractivity contribution >= 4 is 50.0 Å². The Morgan fingerprint density at radius 1 is 1.02 bits per heavy atom. The number of benzene rings is 2. The molecule has 10 nitrogen and oxygen atoms in total. The number of hydrogen-bond acceptors (Lipinski definition) is 8. The highest BCUT2D eigenvalue weighted by molar-refractivity contribution is 7.92. The van der Waals surface area contributed by atoms with Gasteiger partial charge in [0.05, 0.1) is 36.4 Å². The van der Waals surface area contributed by atoms with Crippen LogP contribution in [0.25, 0.3) is 0 Å². The van der Waals surface area contributed by atoms with Gasteiger partial charge in [0.15, 0.2) is 0 Å². The van der Waals surface area contributed by atoms with Crippen molar-refractivity contribution in [2.45, 2.75) is 37.6 Å². The van der Waals surface area contributed by atoms with Gasteiger partial charge in [-0.1, -0.05) is 18.2 Å². The van der Waals surface area contributed by atoms with E-state index < -0.39 is 28.0 Å². The molecule has 2 amide bonds. The van der Waals surface area contributed by atoms with E-state index in [1.807, 2.05) is 18.2 Å². The van der Waals surface area contributed by atoms with Crippen molar-refractivity contribution in [1.82, 2.24) is 4.90 Å². The SMILES string of the molecule is CCOC(=O)c1c(NC(=O)c2ccc(S(=O)(=O)N3CCCc4ccccc43)cc2)sc2c1CCN(C(=O)OC)C2. The Balaban J connectivity index is 1.38. The standard InChI is InChI=1S/C28H29N3O7S2/c1-3-38-27(33)24-21-14-16-30(28(34)37-2)17-23(21)39-26(24)29-25(32)19-10-12-20(13-11-19)40(35,36)31-15-6-8-18-7-4-5-9-22(18)31/h4-5,7,9-13H,3,6,8,14-17H2,1-2H3,(H,29,32). The molecule has 0 fully saturated rings. The summed E-state index contributed by atoms with van der Waals surface area (Å²) in [6, 6.07) is 13.2. The van der Waals surface area contributed by atoms with Crippen molar-refractivity contribution in [2.24, 2.45) is 0 Å². The average molecular weight is 584 g/mol. The Kier molecular flexibility index (Phi) is 7.81. The van der Waals surface area contributed by atoms with E-state index >= 15 is 0 Å². The fourth-order valence-electron chi connectivity index (χ4n) is 5.03. The Morgan fingerprint density at radius 2 is 1.77 bits per heavy atom. The van der Waals surface area contributed by atoms with Gasteiger partial charge in [-0.2, -0.15) is 0 Å². The van der Waals surface area contributed by atoms with E-state index in [-0.39, 0.29) is 29.2 Å². The first-order valence-corrected chi connectivity index (χ1v) is 15.2. The molecule has 3 heterocycles. The highest BCUT2D eigenvalue weighted by Crippen LogP contribution is 2.38. The lowest BCUT2D eigenvalue weighted by Gasteiger charge is -2.30. The summed E-state index contributed by atoms with van der Waals surface area (Å²) in [7, 11) is -2.51. The van der Waals surface area contributed by atoms with E-state index in [9.17, 15) is 22.8 Å². The van der Waals surface area contributed by atoms with E-state index in [2.05, 4.69) is 5.32 Å². The minimum absolute atomic E-state index is 0.0856. The van der Waals surface area contributed by atoms with Crippen LogP contribution in [0.3, 0.4) is 0 Å². The molecule has 0 saturated carbocycles. The van der Waals surface area contributed by atoms with Crippen molar-refractivity contribution < 1.29 is 32.3 Å². The topological polar surface area (TPSA) is 122 Å². The number of ether oxygens (including phenoxy) is 2. The summed E-state index contributed by atoms with van der Waals surface area (Å²) in [5.74, 6) is -1.05. The van der Waals surface area contributed by atoms with Crippen molar-refractivity contribution in [3.8, 4) is 0 Å². The quantitative estimate of drug-likeness (QED) is 0.426. The Labute approximate surface area is 236 Å². The number of thiophene rings is 1. The first-order valence-electron chi connectivity index (χ1n) is 12.9. The second kappa shape index (κ2) is 11.3. The number of esters is 1. The van der Waals surface area contributed by atoms with Crippen LogP contribution >= 0.6 is 11.3 Å². The zero-order valence-electron chi connectivity index (χ0n) is 22.1. The largest absolute Gasteiger partial charge is 0.462 e. The molecule has 0 aliphatic carbocycles. The molecular weight excluding hydrogens is 554 g/mol. The number of fused-ring (bicyclic) bond motifs is 2. The maximum absolute atomic E-state index is 13.5. The number of methoxy groups -OCH3 is 1. The van der Waals surface area contributed by atoms with E-state index in [4.69, 9.17) is 9.47 Å². The molecule has 1 aromatic heterocycles. The zero-order valence-corrected chi connectivity index (χ0v) is 23.8. The van der Waals surface area contributed by atoms with Gasteiger partial charge in [0.2, 0.25) is 0 Å². The predicted octanol–water partition coefficient (Wildman–Crippen LogP) is 4.44. The number of rotatable bonds is 6. The Morgan fingerprint density at radius 3 is 2.50 bits per heavy atom. The molecule has 5 rings (SSSR count). The highest BCUT2D eigenvalue weighted by atomic mass is 32.2. The molecular formula is C28H29N3O7S2. The molecule has 0 spiro atoms. The van der Waals surface area contributed by atoms with Gasteiger partial charge in [0, 0.05) is 23.5 Å². The van der Waals surface area contributed by atoms with Crippen molar-refractivity contribution in [3.05, 3.63) is 75.7 Å². The second-order valence-electron chi connectivity index (χ2n) is 9.36. The van der Waals surface area contributed by atoms with Gasteiger partial charge in [0.1, 0.15) is 5.00 Å². The monoisotopic (exact) mass is 583 g/mol. The maximum atomic E-state index is 13.5. The maximum Gasteiger partial charge on any atom is 0.409 e.